The predicted molar refractivity (Wildman–Crippen MR) is 82.0 cm³/mol. The Labute approximate surface area is 127 Å². The number of hydrogen-bond donors (Lipinski definition) is 1. The van der Waals surface area contributed by atoms with Crippen molar-refractivity contribution < 1.29 is 13.9 Å². The summed E-state index contributed by atoms with van der Waals surface area (Å²) in [6.07, 6.45) is 0.285. The van der Waals surface area contributed by atoms with Crippen LogP contribution in [0.1, 0.15) is 22.5 Å². The van der Waals surface area contributed by atoms with Crippen LogP contribution in [0.4, 0.5) is 8.78 Å². The van der Waals surface area contributed by atoms with Gasteiger partial charge in [0.05, 0.1) is 5.69 Å². The first-order valence-corrected chi connectivity index (χ1v) is 6.98. The van der Waals surface area contributed by atoms with E-state index in [1.165, 1.54) is 6.07 Å². The molecular formula is C18H15F2NO. The van der Waals surface area contributed by atoms with Crippen LogP contribution in [0.5, 0.6) is 5.75 Å². The zero-order chi connectivity index (χ0) is 15.9. The number of halogens is 2. The van der Waals surface area contributed by atoms with Crippen LogP contribution >= 0.6 is 0 Å². The van der Waals surface area contributed by atoms with Crippen LogP contribution < -0.4 is 0 Å². The van der Waals surface area contributed by atoms with Gasteiger partial charge in [-0.1, -0.05) is 12.1 Å². The molecule has 2 aromatic carbocycles. The fourth-order valence-electron chi connectivity index (χ4n) is 2.67. The van der Waals surface area contributed by atoms with Crippen molar-refractivity contribution in [2.45, 2.75) is 20.3 Å². The van der Waals surface area contributed by atoms with Crippen molar-refractivity contribution in [1.29, 1.82) is 0 Å². The van der Waals surface area contributed by atoms with Gasteiger partial charge in [0.15, 0.2) is 0 Å². The number of fused-ring (bicyclic) bond motifs is 1. The van der Waals surface area contributed by atoms with Crippen LogP contribution in [0.2, 0.25) is 0 Å². The van der Waals surface area contributed by atoms with Crippen LogP contribution in [-0.2, 0) is 6.42 Å². The Bertz CT molecular complexity index is 875. The average molecular weight is 299 g/mol. The standard InChI is InChI=1S/C18H15F2NO/c1-10-16-8-12(3-5-15(16)18(22)11(2)21-10)7-13-9-14(19)4-6-17(13)20/h3-6,8-9,22H,7H2,1-2H3. The van der Waals surface area contributed by atoms with E-state index in [0.29, 0.717) is 16.6 Å². The zero-order valence-corrected chi connectivity index (χ0v) is 12.3. The molecule has 4 heteroatoms. The highest BCUT2D eigenvalue weighted by molar-refractivity contribution is 5.90. The van der Waals surface area contributed by atoms with E-state index in [2.05, 4.69) is 4.98 Å². The van der Waals surface area contributed by atoms with Gasteiger partial charge in [-0.3, -0.25) is 4.98 Å². The normalized spacial score (nSPS) is 11.1. The summed E-state index contributed by atoms with van der Waals surface area (Å²) in [5.41, 5.74) is 2.52. The Kier molecular flexibility index (Phi) is 3.53. The molecule has 0 atom stereocenters. The van der Waals surface area contributed by atoms with Crippen molar-refractivity contribution in [3.63, 3.8) is 0 Å². The molecule has 0 unspecified atom stereocenters. The molecule has 0 radical (unpaired) electrons. The maximum absolute atomic E-state index is 13.7. The van der Waals surface area contributed by atoms with Crippen LogP contribution in [0.25, 0.3) is 10.8 Å². The summed E-state index contributed by atoms with van der Waals surface area (Å²) in [4.78, 5) is 4.30. The van der Waals surface area contributed by atoms with E-state index in [1.54, 1.807) is 13.0 Å². The molecule has 1 N–H and O–H groups in total. The van der Waals surface area contributed by atoms with Gasteiger partial charge >= 0.3 is 0 Å². The number of rotatable bonds is 2. The number of nitrogens with zero attached hydrogens (tertiary/aromatic N) is 1. The first kappa shape index (κ1) is 14.4. The summed E-state index contributed by atoms with van der Waals surface area (Å²) in [7, 11) is 0. The lowest BCUT2D eigenvalue weighted by Crippen LogP contribution is -1.96. The zero-order valence-electron chi connectivity index (χ0n) is 12.3. The fraction of sp³-hybridized carbons (Fsp3) is 0.167. The van der Waals surface area contributed by atoms with Gasteiger partial charge in [0.2, 0.25) is 0 Å². The Morgan fingerprint density at radius 2 is 1.73 bits per heavy atom. The van der Waals surface area contributed by atoms with Crippen molar-refractivity contribution >= 4 is 10.8 Å². The number of pyridine rings is 1. The summed E-state index contributed by atoms with van der Waals surface area (Å²) in [5.74, 6) is -0.726. The van der Waals surface area contributed by atoms with Gasteiger partial charge in [0.1, 0.15) is 17.4 Å². The first-order valence-electron chi connectivity index (χ1n) is 6.98. The topological polar surface area (TPSA) is 33.1 Å². The van der Waals surface area contributed by atoms with Crippen LogP contribution in [0, 0.1) is 25.5 Å². The van der Waals surface area contributed by atoms with E-state index in [9.17, 15) is 13.9 Å². The third-order valence-corrected chi connectivity index (χ3v) is 3.81. The maximum Gasteiger partial charge on any atom is 0.144 e. The molecule has 0 saturated heterocycles. The Morgan fingerprint density at radius 3 is 2.50 bits per heavy atom. The molecule has 0 aliphatic carbocycles. The molecule has 0 spiro atoms. The molecular weight excluding hydrogens is 284 g/mol. The van der Waals surface area contributed by atoms with Crippen molar-refractivity contribution in [3.8, 4) is 5.75 Å². The molecule has 0 fully saturated rings. The van der Waals surface area contributed by atoms with E-state index in [1.807, 2.05) is 19.1 Å². The van der Waals surface area contributed by atoms with Crippen LogP contribution in [0.15, 0.2) is 36.4 Å². The Balaban J connectivity index is 2.08. The van der Waals surface area contributed by atoms with Crippen LogP contribution in [0.3, 0.4) is 0 Å². The largest absolute Gasteiger partial charge is 0.505 e. The summed E-state index contributed by atoms with van der Waals surface area (Å²) in [5, 5.41) is 11.6. The van der Waals surface area contributed by atoms with Crippen molar-refractivity contribution in [1.82, 2.24) is 4.98 Å². The molecule has 0 amide bonds. The van der Waals surface area contributed by atoms with Crippen LogP contribution in [-0.4, -0.2) is 10.1 Å². The SMILES string of the molecule is Cc1nc(C)c2cc(Cc3cc(F)ccc3F)ccc2c1O. The van der Waals surface area contributed by atoms with Crippen molar-refractivity contribution in [2.75, 3.05) is 0 Å². The summed E-state index contributed by atoms with van der Waals surface area (Å²) >= 11 is 0. The van der Waals surface area contributed by atoms with Gasteiger partial charge < -0.3 is 5.11 Å². The molecule has 3 aromatic rings. The molecule has 0 aliphatic heterocycles. The van der Waals surface area contributed by atoms with Gasteiger partial charge in [-0.25, -0.2) is 8.78 Å². The third kappa shape index (κ3) is 2.52. The molecule has 0 bridgehead atoms. The Hall–Kier alpha value is -2.49. The lowest BCUT2D eigenvalue weighted by Gasteiger charge is -2.10. The molecule has 3 rings (SSSR count). The molecule has 2 nitrogen and oxygen atoms in total. The number of benzene rings is 2. The van der Waals surface area contributed by atoms with Crippen molar-refractivity contribution in [2.24, 2.45) is 0 Å². The third-order valence-electron chi connectivity index (χ3n) is 3.81. The lowest BCUT2D eigenvalue weighted by atomic mass is 9.99. The second-order valence-electron chi connectivity index (χ2n) is 5.42. The minimum Gasteiger partial charge on any atom is -0.505 e. The minimum atomic E-state index is -0.455. The second kappa shape index (κ2) is 5.37. The summed E-state index contributed by atoms with van der Waals surface area (Å²) in [6, 6.07) is 8.91. The average Bonchev–Trinajstić information content (AvgIpc) is 2.49. The Morgan fingerprint density at radius 1 is 0.955 bits per heavy atom. The van der Waals surface area contributed by atoms with Crippen molar-refractivity contribution in [3.05, 3.63) is 70.5 Å². The monoisotopic (exact) mass is 299 g/mol. The number of aromatic nitrogens is 1. The molecule has 0 aliphatic rings. The maximum atomic E-state index is 13.7. The quantitative estimate of drug-likeness (QED) is 0.759. The van der Waals surface area contributed by atoms with Gasteiger partial charge in [0, 0.05) is 22.9 Å². The predicted octanol–water partition coefficient (Wildman–Crippen LogP) is 4.43. The van der Waals surface area contributed by atoms with Gasteiger partial charge in [0.25, 0.3) is 0 Å². The van der Waals surface area contributed by atoms with E-state index in [-0.39, 0.29) is 12.2 Å². The van der Waals surface area contributed by atoms with E-state index in [4.69, 9.17) is 0 Å². The number of aryl methyl sites for hydroxylation is 2. The van der Waals surface area contributed by atoms with E-state index in [0.717, 1.165) is 28.8 Å². The molecule has 22 heavy (non-hydrogen) atoms. The summed E-state index contributed by atoms with van der Waals surface area (Å²) in [6.45, 7) is 3.61. The molecule has 1 heterocycles. The van der Waals surface area contributed by atoms with Gasteiger partial charge in [-0.15, -0.1) is 0 Å². The number of aromatic hydroxyl groups is 1. The smallest absolute Gasteiger partial charge is 0.144 e. The van der Waals surface area contributed by atoms with Gasteiger partial charge in [-0.2, -0.15) is 0 Å². The summed E-state index contributed by atoms with van der Waals surface area (Å²) < 4.78 is 27.0. The highest BCUT2D eigenvalue weighted by Crippen LogP contribution is 2.30. The lowest BCUT2D eigenvalue weighted by molar-refractivity contribution is 0.474. The van der Waals surface area contributed by atoms with E-state index < -0.39 is 11.6 Å². The molecule has 0 saturated carbocycles. The molecule has 1 aromatic heterocycles. The van der Waals surface area contributed by atoms with E-state index >= 15 is 0 Å². The minimum absolute atomic E-state index is 0.157. The second-order valence-corrected chi connectivity index (χ2v) is 5.42. The fourth-order valence-corrected chi connectivity index (χ4v) is 2.67. The van der Waals surface area contributed by atoms with Gasteiger partial charge in [-0.05, 0) is 49.2 Å². The highest BCUT2D eigenvalue weighted by Gasteiger charge is 2.10. The highest BCUT2D eigenvalue weighted by atomic mass is 19.1. The number of hydrogen-bond acceptors (Lipinski definition) is 2. The first-order chi connectivity index (χ1) is 10.5. The molecule has 112 valence electrons.